The molecule has 0 atom stereocenters. The van der Waals surface area contributed by atoms with E-state index in [0.717, 1.165) is 6.07 Å². The van der Waals surface area contributed by atoms with Gasteiger partial charge in [-0.2, -0.15) is 0 Å². The summed E-state index contributed by atoms with van der Waals surface area (Å²) >= 11 is 5.61. The van der Waals surface area contributed by atoms with E-state index in [0.29, 0.717) is 0 Å². The summed E-state index contributed by atoms with van der Waals surface area (Å²) in [7, 11) is 0. The van der Waals surface area contributed by atoms with E-state index in [1.54, 1.807) is 0 Å². The van der Waals surface area contributed by atoms with Crippen LogP contribution in [0.25, 0.3) is 0 Å². The first-order chi connectivity index (χ1) is 7.56. The van der Waals surface area contributed by atoms with Crippen LogP contribution < -0.4 is 11.1 Å². The number of benzene rings is 1. The van der Waals surface area contributed by atoms with Gasteiger partial charge in [0.15, 0.2) is 0 Å². The Kier molecular flexibility index (Phi) is 4.21. The molecule has 0 radical (unpaired) electrons. The molecule has 86 valence electrons. The van der Waals surface area contributed by atoms with Gasteiger partial charge in [0, 0.05) is 24.2 Å². The zero-order chi connectivity index (χ0) is 12.1. The Hall–Kier alpha value is -1.66. The van der Waals surface area contributed by atoms with Crippen LogP contribution in [0.3, 0.4) is 0 Å². The van der Waals surface area contributed by atoms with Crippen LogP contribution in [0, 0.1) is 10.1 Å². The average molecular weight is 244 g/mol. The third-order valence-electron chi connectivity index (χ3n) is 1.83. The van der Waals surface area contributed by atoms with E-state index < -0.39 is 10.8 Å². The van der Waals surface area contributed by atoms with E-state index in [-0.39, 0.29) is 29.4 Å². The summed E-state index contributed by atoms with van der Waals surface area (Å²) in [5.41, 5.74) is 4.86. The average Bonchev–Trinajstić information content (AvgIpc) is 2.25. The minimum atomic E-state index is -0.650. The Morgan fingerprint density at radius 3 is 2.81 bits per heavy atom. The number of hydrogen-bond acceptors (Lipinski definition) is 4. The Bertz CT molecular complexity index is 422. The minimum Gasteiger partial charge on any atom is -0.351 e. The molecule has 6 nitrogen and oxygen atoms in total. The van der Waals surface area contributed by atoms with Crippen molar-refractivity contribution in [1.29, 1.82) is 0 Å². The Labute approximate surface area is 96.5 Å². The molecule has 0 fully saturated rings. The molecule has 1 aromatic carbocycles. The Balaban J connectivity index is 3.03. The van der Waals surface area contributed by atoms with Crippen molar-refractivity contribution in [2.24, 2.45) is 5.73 Å². The van der Waals surface area contributed by atoms with Gasteiger partial charge in [0.05, 0.1) is 4.92 Å². The number of carbonyl (C=O) groups is 1. The first kappa shape index (κ1) is 12.4. The van der Waals surface area contributed by atoms with Gasteiger partial charge in [0.25, 0.3) is 11.6 Å². The van der Waals surface area contributed by atoms with Crippen LogP contribution in [-0.4, -0.2) is 23.9 Å². The van der Waals surface area contributed by atoms with Crippen molar-refractivity contribution in [1.82, 2.24) is 5.32 Å². The fourth-order valence-corrected chi connectivity index (χ4v) is 1.30. The van der Waals surface area contributed by atoms with Gasteiger partial charge in [-0.3, -0.25) is 14.9 Å². The highest BCUT2D eigenvalue weighted by Gasteiger charge is 2.19. The van der Waals surface area contributed by atoms with Crippen LogP contribution in [0.15, 0.2) is 18.2 Å². The van der Waals surface area contributed by atoms with Crippen LogP contribution in [0.2, 0.25) is 5.02 Å². The van der Waals surface area contributed by atoms with Crippen LogP contribution in [0.5, 0.6) is 0 Å². The molecule has 0 aliphatic heterocycles. The van der Waals surface area contributed by atoms with Crippen molar-refractivity contribution >= 4 is 23.2 Å². The van der Waals surface area contributed by atoms with Crippen LogP contribution in [0.1, 0.15) is 10.4 Å². The highest BCUT2D eigenvalue weighted by molar-refractivity contribution is 6.31. The molecule has 1 rings (SSSR count). The van der Waals surface area contributed by atoms with E-state index in [4.69, 9.17) is 17.3 Å². The maximum absolute atomic E-state index is 11.5. The summed E-state index contributed by atoms with van der Waals surface area (Å²) in [5.74, 6) is -0.534. The lowest BCUT2D eigenvalue weighted by Gasteiger charge is -2.04. The van der Waals surface area contributed by atoms with Gasteiger partial charge in [-0.15, -0.1) is 0 Å². The Morgan fingerprint density at radius 2 is 2.25 bits per heavy atom. The number of nitrogens with two attached hydrogens (primary N) is 1. The van der Waals surface area contributed by atoms with Crippen molar-refractivity contribution < 1.29 is 9.72 Å². The van der Waals surface area contributed by atoms with E-state index in [1.807, 2.05) is 0 Å². The number of halogens is 1. The number of carbonyl (C=O) groups excluding carboxylic acids is 1. The molecule has 0 aliphatic rings. The quantitative estimate of drug-likeness (QED) is 0.607. The number of nitro benzene ring substituents is 1. The molecule has 0 bridgehead atoms. The van der Waals surface area contributed by atoms with Gasteiger partial charge >= 0.3 is 0 Å². The van der Waals surface area contributed by atoms with Crippen LogP contribution >= 0.6 is 11.6 Å². The van der Waals surface area contributed by atoms with E-state index in [1.165, 1.54) is 12.1 Å². The molecule has 1 aromatic rings. The largest absolute Gasteiger partial charge is 0.351 e. The normalized spacial score (nSPS) is 9.88. The number of nitro groups is 1. The molecule has 0 aromatic heterocycles. The molecule has 16 heavy (non-hydrogen) atoms. The fourth-order valence-electron chi connectivity index (χ4n) is 1.13. The summed E-state index contributed by atoms with van der Waals surface area (Å²) in [4.78, 5) is 21.6. The molecule has 7 heteroatoms. The smallest absolute Gasteiger partial charge is 0.283 e. The molecule has 0 saturated heterocycles. The fraction of sp³-hybridized carbons (Fsp3) is 0.222. The standard InChI is InChI=1S/C9H10ClN3O3/c10-6-1-2-7(8(5-6)13(15)16)9(14)12-4-3-11/h1-2,5H,3-4,11H2,(H,12,14). The summed E-state index contributed by atoms with van der Waals surface area (Å²) in [6, 6.07) is 3.87. The van der Waals surface area contributed by atoms with Gasteiger partial charge in [-0.1, -0.05) is 11.6 Å². The van der Waals surface area contributed by atoms with Gasteiger partial charge in [0.1, 0.15) is 5.56 Å². The molecule has 0 unspecified atom stereocenters. The molecule has 0 saturated carbocycles. The lowest BCUT2D eigenvalue weighted by atomic mass is 10.1. The molecular weight excluding hydrogens is 234 g/mol. The van der Waals surface area contributed by atoms with E-state index in [2.05, 4.69) is 5.32 Å². The van der Waals surface area contributed by atoms with Gasteiger partial charge in [-0.25, -0.2) is 0 Å². The second-order valence-electron chi connectivity index (χ2n) is 2.96. The van der Waals surface area contributed by atoms with Crippen molar-refractivity contribution in [3.63, 3.8) is 0 Å². The van der Waals surface area contributed by atoms with Crippen molar-refractivity contribution in [2.45, 2.75) is 0 Å². The molecule has 0 spiro atoms. The van der Waals surface area contributed by atoms with Crippen LogP contribution in [-0.2, 0) is 0 Å². The van der Waals surface area contributed by atoms with E-state index >= 15 is 0 Å². The number of hydrogen-bond donors (Lipinski definition) is 2. The predicted octanol–water partition coefficient (Wildman–Crippen LogP) is 0.937. The maximum Gasteiger partial charge on any atom is 0.283 e. The second-order valence-corrected chi connectivity index (χ2v) is 3.40. The highest BCUT2D eigenvalue weighted by atomic mass is 35.5. The SMILES string of the molecule is NCCNC(=O)c1ccc(Cl)cc1[N+](=O)[O-]. The minimum absolute atomic E-state index is 0.0251. The Morgan fingerprint density at radius 1 is 1.56 bits per heavy atom. The molecule has 3 N–H and O–H groups in total. The van der Waals surface area contributed by atoms with Gasteiger partial charge in [-0.05, 0) is 12.1 Å². The van der Waals surface area contributed by atoms with Crippen molar-refractivity contribution in [3.8, 4) is 0 Å². The number of amides is 1. The highest BCUT2D eigenvalue weighted by Crippen LogP contribution is 2.22. The summed E-state index contributed by atoms with van der Waals surface area (Å²) < 4.78 is 0. The second kappa shape index (κ2) is 5.43. The summed E-state index contributed by atoms with van der Waals surface area (Å²) in [6.07, 6.45) is 0. The number of nitrogens with zero attached hydrogens (tertiary/aromatic N) is 1. The number of rotatable bonds is 4. The molecule has 0 heterocycles. The first-order valence-electron chi connectivity index (χ1n) is 4.48. The molecule has 1 amide bonds. The van der Waals surface area contributed by atoms with Gasteiger partial charge in [0.2, 0.25) is 0 Å². The van der Waals surface area contributed by atoms with E-state index in [9.17, 15) is 14.9 Å². The number of nitrogens with one attached hydrogen (secondary N) is 1. The third-order valence-corrected chi connectivity index (χ3v) is 2.07. The van der Waals surface area contributed by atoms with Gasteiger partial charge < -0.3 is 11.1 Å². The zero-order valence-corrected chi connectivity index (χ0v) is 9.03. The maximum atomic E-state index is 11.5. The molecule has 0 aliphatic carbocycles. The topological polar surface area (TPSA) is 98.3 Å². The third kappa shape index (κ3) is 2.91. The van der Waals surface area contributed by atoms with Crippen molar-refractivity contribution in [3.05, 3.63) is 38.9 Å². The summed E-state index contributed by atoms with van der Waals surface area (Å²) in [5, 5.41) is 13.4. The summed E-state index contributed by atoms with van der Waals surface area (Å²) in [6.45, 7) is 0.533. The monoisotopic (exact) mass is 243 g/mol. The van der Waals surface area contributed by atoms with Crippen LogP contribution in [0.4, 0.5) is 5.69 Å². The lowest BCUT2D eigenvalue weighted by molar-refractivity contribution is -0.385. The lowest BCUT2D eigenvalue weighted by Crippen LogP contribution is -2.29. The van der Waals surface area contributed by atoms with Crippen molar-refractivity contribution in [2.75, 3.05) is 13.1 Å². The zero-order valence-electron chi connectivity index (χ0n) is 8.27. The first-order valence-corrected chi connectivity index (χ1v) is 4.86. The molecular formula is C9H10ClN3O3. The predicted molar refractivity (Wildman–Crippen MR) is 59.5 cm³/mol.